The van der Waals surface area contributed by atoms with E-state index in [1.54, 1.807) is 0 Å². The number of aliphatic hydroxyl groups excluding tert-OH is 1. The summed E-state index contributed by atoms with van der Waals surface area (Å²) in [6.45, 7) is 6.10. The van der Waals surface area contributed by atoms with Crippen molar-refractivity contribution in [1.82, 2.24) is 0 Å². The van der Waals surface area contributed by atoms with Crippen LogP contribution in [0.15, 0.2) is 34.9 Å². The molecule has 0 bridgehead atoms. The van der Waals surface area contributed by atoms with Crippen LogP contribution in [0.5, 0.6) is 0 Å². The number of aliphatic hydroxyl groups is 1. The summed E-state index contributed by atoms with van der Waals surface area (Å²) in [5.41, 5.74) is 4.17. The lowest BCUT2D eigenvalue weighted by atomic mass is 10.1. The van der Waals surface area contributed by atoms with Gasteiger partial charge in [-0.2, -0.15) is 0 Å². The molecule has 2 nitrogen and oxygen atoms in total. The second-order valence-corrected chi connectivity index (χ2v) is 4.72. The summed E-state index contributed by atoms with van der Waals surface area (Å²) < 4.78 is 5.10. The maximum absolute atomic E-state index is 8.73. The third-order valence-corrected chi connectivity index (χ3v) is 3.02. The molecule has 17 heavy (non-hydrogen) atoms. The largest absolute Gasteiger partial charge is 0.392 e. The van der Waals surface area contributed by atoms with Crippen LogP contribution < -0.4 is 0 Å². The number of rotatable bonds is 7. The molecule has 1 saturated heterocycles. The van der Waals surface area contributed by atoms with Crippen LogP contribution in [0.3, 0.4) is 0 Å². The minimum absolute atomic E-state index is 0.157. The lowest BCUT2D eigenvalue weighted by molar-refractivity contribution is 0.102. The van der Waals surface area contributed by atoms with Gasteiger partial charge in [-0.15, -0.1) is 0 Å². The Morgan fingerprint density at radius 2 is 1.76 bits per heavy atom. The summed E-state index contributed by atoms with van der Waals surface area (Å²) >= 11 is 0. The van der Waals surface area contributed by atoms with Crippen LogP contribution in [0, 0.1) is 0 Å². The molecule has 1 fully saturated rings. The Balaban J connectivity index is 2.13. The fourth-order valence-corrected chi connectivity index (χ4v) is 1.75. The van der Waals surface area contributed by atoms with Gasteiger partial charge in [0.05, 0.1) is 19.8 Å². The van der Waals surface area contributed by atoms with Crippen molar-refractivity contribution in [1.29, 1.82) is 0 Å². The van der Waals surface area contributed by atoms with Crippen molar-refractivity contribution in [2.45, 2.75) is 39.5 Å². The third kappa shape index (κ3) is 6.44. The van der Waals surface area contributed by atoms with E-state index in [1.807, 2.05) is 6.08 Å². The first-order valence-electron chi connectivity index (χ1n) is 6.40. The van der Waals surface area contributed by atoms with Gasteiger partial charge in [-0.05, 0) is 45.1 Å². The zero-order chi connectivity index (χ0) is 12.5. The zero-order valence-electron chi connectivity index (χ0n) is 11.0. The number of allylic oxidation sites excluding steroid dienone is 4. The second-order valence-electron chi connectivity index (χ2n) is 4.72. The quantitative estimate of drug-likeness (QED) is 0.687. The fraction of sp³-hybridized carbons (Fsp3) is 0.600. The van der Waals surface area contributed by atoms with Gasteiger partial charge in [0.2, 0.25) is 0 Å². The molecule has 1 heterocycles. The summed E-state index contributed by atoms with van der Waals surface area (Å²) in [5, 5.41) is 8.73. The molecule has 0 spiro atoms. The second kappa shape index (κ2) is 8.26. The average Bonchev–Trinajstić information content (AvgIpc) is 2.22. The van der Waals surface area contributed by atoms with Gasteiger partial charge >= 0.3 is 0 Å². The molecule has 0 atom stereocenters. The Kier molecular flexibility index (Phi) is 6.90. The van der Waals surface area contributed by atoms with E-state index in [4.69, 9.17) is 9.84 Å². The molecule has 1 N–H and O–H groups in total. The van der Waals surface area contributed by atoms with Crippen LogP contribution in [0.25, 0.3) is 0 Å². The molecule has 96 valence electrons. The van der Waals surface area contributed by atoms with Gasteiger partial charge in [0.1, 0.15) is 0 Å². The summed E-state index contributed by atoms with van der Waals surface area (Å²) in [6.07, 6.45) is 10.9. The molecule has 0 unspecified atom stereocenters. The van der Waals surface area contributed by atoms with Crippen LogP contribution >= 0.6 is 0 Å². The topological polar surface area (TPSA) is 29.5 Å². The van der Waals surface area contributed by atoms with Crippen molar-refractivity contribution in [2.75, 3.05) is 19.8 Å². The van der Waals surface area contributed by atoms with Gasteiger partial charge in [-0.1, -0.05) is 29.4 Å². The zero-order valence-corrected chi connectivity index (χ0v) is 11.0. The van der Waals surface area contributed by atoms with E-state index < -0.39 is 0 Å². The van der Waals surface area contributed by atoms with Crippen molar-refractivity contribution >= 4 is 0 Å². The maximum Gasteiger partial charge on any atom is 0.0703 e. The highest BCUT2D eigenvalue weighted by Gasteiger charge is 2.06. The van der Waals surface area contributed by atoms with Gasteiger partial charge in [-0.3, -0.25) is 0 Å². The van der Waals surface area contributed by atoms with Gasteiger partial charge in [-0.25, -0.2) is 0 Å². The lowest BCUT2D eigenvalue weighted by Gasteiger charge is -2.17. The van der Waals surface area contributed by atoms with Crippen LogP contribution in [0.4, 0.5) is 0 Å². The highest BCUT2D eigenvalue weighted by Crippen LogP contribution is 2.14. The molecule has 0 radical (unpaired) electrons. The molecule has 1 aliphatic heterocycles. The smallest absolute Gasteiger partial charge is 0.0703 e. The maximum atomic E-state index is 8.73. The van der Waals surface area contributed by atoms with E-state index in [1.165, 1.54) is 16.7 Å². The van der Waals surface area contributed by atoms with Gasteiger partial charge in [0, 0.05) is 0 Å². The van der Waals surface area contributed by atoms with E-state index in [0.29, 0.717) is 0 Å². The Labute approximate surface area is 105 Å². The molecule has 0 aromatic rings. The first-order chi connectivity index (χ1) is 8.22. The number of hydrogen-bond acceptors (Lipinski definition) is 2. The van der Waals surface area contributed by atoms with E-state index in [0.717, 1.165) is 38.9 Å². The molecule has 0 aliphatic carbocycles. The third-order valence-electron chi connectivity index (χ3n) is 3.02. The van der Waals surface area contributed by atoms with Crippen molar-refractivity contribution in [3.63, 3.8) is 0 Å². The highest BCUT2D eigenvalue weighted by atomic mass is 16.5. The molecule has 0 saturated carbocycles. The first-order valence-corrected chi connectivity index (χ1v) is 6.40. The Bertz CT molecular complexity index is 305. The minimum Gasteiger partial charge on any atom is -0.392 e. The van der Waals surface area contributed by atoms with E-state index in [-0.39, 0.29) is 6.61 Å². The minimum atomic E-state index is 0.157. The monoisotopic (exact) mass is 236 g/mol. The first kappa shape index (κ1) is 14.2. The predicted molar refractivity (Wildman–Crippen MR) is 72.0 cm³/mol. The standard InChI is InChI=1S/C15H24O2/c1-13(5-3-6-14(2)9-10-16)7-4-8-15-11-17-12-15/h5,8-9,16H,3-4,6-7,10-12H2,1-2H3/b13-5-,14-9+. The fourth-order valence-electron chi connectivity index (χ4n) is 1.75. The van der Waals surface area contributed by atoms with E-state index >= 15 is 0 Å². The van der Waals surface area contributed by atoms with Crippen LogP contribution in [0.1, 0.15) is 39.5 Å². The van der Waals surface area contributed by atoms with Gasteiger partial charge < -0.3 is 9.84 Å². The predicted octanol–water partition coefficient (Wildman–Crippen LogP) is 3.39. The Morgan fingerprint density at radius 1 is 1.12 bits per heavy atom. The highest BCUT2D eigenvalue weighted by molar-refractivity contribution is 5.10. The molecule has 0 aromatic heterocycles. The summed E-state index contributed by atoms with van der Waals surface area (Å²) in [4.78, 5) is 0. The SMILES string of the molecule is C/C(=C/CC/C(C)=C/CO)CCC=C1COC1. The summed E-state index contributed by atoms with van der Waals surface area (Å²) in [5.74, 6) is 0. The van der Waals surface area contributed by atoms with Crippen molar-refractivity contribution < 1.29 is 9.84 Å². The van der Waals surface area contributed by atoms with E-state index in [9.17, 15) is 0 Å². The average molecular weight is 236 g/mol. The number of hydrogen-bond donors (Lipinski definition) is 1. The molecule has 2 heteroatoms. The Hall–Kier alpha value is -0.860. The normalized spacial score (nSPS) is 17.0. The molecule has 0 aromatic carbocycles. The molecule has 1 rings (SSSR count). The number of ether oxygens (including phenoxy) is 1. The van der Waals surface area contributed by atoms with Crippen molar-refractivity contribution in [2.24, 2.45) is 0 Å². The molecule has 0 amide bonds. The van der Waals surface area contributed by atoms with Crippen LogP contribution in [-0.4, -0.2) is 24.9 Å². The van der Waals surface area contributed by atoms with Crippen LogP contribution in [0.2, 0.25) is 0 Å². The van der Waals surface area contributed by atoms with Crippen LogP contribution in [-0.2, 0) is 4.74 Å². The molecular weight excluding hydrogens is 212 g/mol. The van der Waals surface area contributed by atoms with Gasteiger partial charge in [0.15, 0.2) is 0 Å². The van der Waals surface area contributed by atoms with Crippen molar-refractivity contribution in [3.8, 4) is 0 Å². The van der Waals surface area contributed by atoms with E-state index in [2.05, 4.69) is 26.0 Å². The van der Waals surface area contributed by atoms with Crippen molar-refractivity contribution in [3.05, 3.63) is 34.9 Å². The Morgan fingerprint density at radius 3 is 2.35 bits per heavy atom. The summed E-state index contributed by atoms with van der Waals surface area (Å²) in [6, 6.07) is 0. The van der Waals surface area contributed by atoms with Gasteiger partial charge in [0.25, 0.3) is 0 Å². The summed E-state index contributed by atoms with van der Waals surface area (Å²) in [7, 11) is 0. The lowest BCUT2D eigenvalue weighted by Crippen LogP contribution is -2.15. The molecule has 1 aliphatic rings. The molecular formula is C15H24O2.